The van der Waals surface area contributed by atoms with Crippen LogP contribution in [0.1, 0.15) is 219 Å². The molecule has 0 fully saturated rings. The minimum Gasteiger partial charge on any atom is -0.302 e. The van der Waals surface area contributed by atoms with Gasteiger partial charge >= 0.3 is 15.6 Å². The van der Waals surface area contributed by atoms with Crippen molar-refractivity contribution in [3.8, 4) is 0 Å². The minimum absolute atomic E-state index is 0.106. The molecule has 0 radical (unpaired) electrons. The average Bonchev–Trinajstić information content (AvgIpc) is 2.99. The second-order valence-electron chi connectivity index (χ2n) is 13.3. The highest BCUT2D eigenvalue weighted by Gasteiger charge is 2.35. The molecule has 0 unspecified atom stereocenters. The highest BCUT2D eigenvalue weighted by molar-refractivity contribution is 7.61. The standard InChI is InChI=1S/C36H76O7P2/c1-3-5-7-9-11-13-15-17-19-21-23-25-27-29-31-33-35-41-45(40,43-44(37,38)39)42-36-34-32-30-28-26-24-22-20-18-16-14-12-10-8-6-4-2/h3-36H2,1-2H3,(H2,37,38,39). The van der Waals surface area contributed by atoms with Gasteiger partial charge < -0.3 is 9.79 Å². The van der Waals surface area contributed by atoms with Crippen LogP contribution >= 0.6 is 15.6 Å². The van der Waals surface area contributed by atoms with Gasteiger partial charge in [0.05, 0.1) is 13.2 Å². The maximum absolute atomic E-state index is 12.8. The van der Waals surface area contributed by atoms with E-state index in [1.54, 1.807) is 0 Å². The van der Waals surface area contributed by atoms with E-state index >= 15 is 0 Å². The Morgan fingerprint density at radius 1 is 0.356 bits per heavy atom. The Hall–Kier alpha value is 0.260. The fourth-order valence-corrected chi connectivity index (χ4v) is 8.07. The van der Waals surface area contributed by atoms with Crippen LogP contribution in [0.25, 0.3) is 0 Å². The molecule has 0 aliphatic carbocycles. The van der Waals surface area contributed by atoms with E-state index < -0.39 is 15.6 Å². The summed E-state index contributed by atoms with van der Waals surface area (Å²) in [5, 5.41) is 0. The number of hydrogen-bond acceptors (Lipinski definition) is 5. The maximum atomic E-state index is 12.8. The Morgan fingerprint density at radius 3 is 0.756 bits per heavy atom. The van der Waals surface area contributed by atoms with Crippen molar-refractivity contribution in [2.24, 2.45) is 0 Å². The summed E-state index contributed by atoms with van der Waals surface area (Å²) in [4.78, 5) is 18.4. The van der Waals surface area contributed by atoms with E-state index in [0.29, 0.717) is 12.8 Å². The predicted molar refractivity (Wildman–Crippen MR) is 192 cm³/mol. The number of phosphoric ester groups is 1. The Bertz CT molecular complexity index is 644. The van der Waals surface area contributed by atoms with E-state index in [-0.39, 0.29) is 13.2 Å². The van der Waals surface area contributed by atoms with Crippen molar-refractivity contribution in [1.29, 1.82) is 0 Å². The summed E-state index contributed by atoms with van der Waals surface area (Å²) < 4.78 is 39.1. The highest BCUT2D eigenvalue weighted by Crippen LogP contribution is 2.61. The van der Waals surface area contributed by atoms with Crippen LogP contribution in [0.15, 0.2) is 0 Å². The lowest BCUT2D eigenvalue weighted by atomic mass is 10.0. The fraction of sp³-hybridized carbons (Fsp3) is 1.00. The van der Waals surface area contributed by atoms with Gasteiger partial charge in [0.15, 0.2) is 0 Å². The van der Waals surface area contributed by atoms with E-state index in [2.05, 4.69) is 18.2 Å². The summed E-state index contributed by atoms with van der Waals surface area (Å²) in [5.74, 6) is 0. The molecule has 0 bridgehead atoms. The summed E-state index contributed by atoms with van der Waals surface area (Å²) in [6, 6.07) is 0. The van der Waals surface area contributed by atoms with Crippen molar-refractivity contribution in [1.82, 2.24) is 0 Å². The molecule has 0 atom stereocenters. The van der Waals surface area contributed by atoms with E-state index in [9.17, 15) is 18.9 Å². The Labute approximate surface area is 280 Å². The van der Waals surface area contributed by atoms with Gasteiger partial charge in [-0.05, 0) is 12.8 Å². The molecule has 0 aromatic rings. The molecule has 0 aromatic heterocycles. The summed E-state index contributed by atoms with van der Waals surface area (Å²) in [6.07, 6.45) is 40.1. The third kappa shape index (κ3) is 36.9. The van der Waals surface area contributed by atoms with Gasteiger partial charge in [0, 0.05) is 0 Å². The van der Waals surface area contributed by atoms with Crippen LogP contribution in [-0.4, -0.2) is 23.0 Å². The zero-order valence-electron chi connectivity index (χ0n) is 29.9. The molecule has 0 aliphatic heterocycles. The van der Waals surface area contributed by atoms with E-state index in [1.807, 2.05) is 0 Å². The number of hydrogen-bond donors (Lipinski definition) is 2. The highest BCUT2D eigenvalue weighted by atomic mass is 31.3. The third-order valence-corrected chi connectivity index (χ3v) is 11.3. The minimum atomic E-state index is -4.99. The lowest BCUT2D eigenvalue weighted by Crippen LogP contribution is -2.02. The first kappa shape index (κ1) is 45.3. The van der Waals surface area contributed by atoms with Gasteiger partial charge in [-0.1, -0.05) is 206 Å². The van der Waals surface area contributed by atoms with Crippen molar-refractivity contribution < 1.29 is 32.3 Å². The fourth-order valence-electron chi connectivity index (χ4n) is 5.87. The van der Waals surface area contributed by atoms with Gasteiger partial charge in [0.1, 0.15) is 0 Å². The van der Waals surface area contributed by atoms with Gasteiger partial charge in [-0.3, -0.25) is 9.05 Å². The lowest BCUT2D eigenvalue weighted by Gasteiger charge is -2.18. The van der Waals surface area contributed by atoms with Gasteiger partial charge in [0.2, 0.25) is 0 Å². The summed E-state index contributed by atoms with van der Waals surface area (Å²) >= 11 is 0. The molecule has 7 nitrogen and oxygen atoms in total. The normalized spacial score (nSPS) is 12.4. The van der Waals surface area contributed by atoms with Crippen molar-refractivity contribution in [3.63, 3.8) is 0 Å². The molecule has 9 heteroatoms. The Morgan fingerprint density at radius 2 is 0.556 bits per heavy atom. The molecule has 0 aromatic carbocycles. The first-order valence-corrected chi connectivity index (χ1v) is 22.5. The van der Waals surface area contributed by atoms with Crippen LogP contribution in [0.2, 0.25) is 0 Å². The van der Waals surface area contributed by atoms with Crippen molar-refractivity contribution in [3.05, 3.63) is 0 Å². The SMILES string of the molecule is CCCCCCCCCCCCCCCCCCOP(=O)(OCCCCCCCCCCCCCCCCCC)OP(=O)(O)O. The average molecular weight is 683 g/mol. The molecule has 0 aliphatic rings. The molecule has 0 rings (SSSR count). The van der Waals surface area contributed by atoms with Crippen LogP contribution < -0.4 is 0 Å². The predicted octanol–water partition coefficient (Wildman–Crippen LogP) is 13.8. The molecule has 2 N–H and O–H groups in total. The van der Waals surface area contributed by atoms with Crippen LogP contribution in [0, 0.1) is 0 Å². The quantitative estimate of drug-likeness (QED) is 0.0493. The number of rotatable bonds is 38. The first-order valence-electron chi connectivity index (χ1n) is 19.5. The number of unbranched alkanes of at least 4 members (excludes halogenated alkanes) is 30. The molecular weight excluding hydrogens is 606 g/mol. The molecule has 0 spiro atoms. The topological polar surface area (TPSA) is 102 Å². The van der Waals surface area contributed by atoms with Crippen LogP contribution in [-0.2, 0) is 22.5 Å². The molecule has 45 heavy (non-hydrogen) atoms. The zero-order valence-corrected chi connectivity index (χ0v) is 31.7. The first-order chi connectivity index (χ1) is 21.8. The van der Waals surface area contributed by atoms with Gasteiger partial charge in [-0.15, -0.1) is 0 Å². The van der Waals surface area contributed by atoms with Gasteiger partial charge in [0.25, 0.3) is 0 Å². The van der Waals surface area contributed by atoms with E-state index in [4.69, 9.17) is 9.05 Å². The molecule has 0 saturated heterocycles. The smallest absolute Gasteiger partial charge is 0.302 e. The maximum Gasteiger partial charge on any atom is 0.483 e. The van der Waals surface area contributed by atoms with Gasteiger partial charge in [-0.25, -0.2) is 9.13 Å². The third-order valence-electron chi connectivity index (χ3n) is 8.70. The second kappa shape index (κ2) is 34.1. The largest absolute Gasteiger partial charge is 0.483 e. The van der Waals surface area contributed by atoms with Crippen molar-refractivity contribution >= 4 is 15.6 Å². The van der Waals surface area contributed by atoms with Crippen molar-refractivity contribution in [2.45, 2.75) is 219 Å². The summed E-state index contributed by atoms with van der Waals surface area (Å²) in [6.45, 7) is 4.74. The Kier molecular flexibility index (Phi) is 34.3. The Balaban J connectivity index is 3.70. The van der Waals surface area contributed by atoms with Gasteiger partial charge in [-0.2, -0.15) is 4.31 Å². The van der Waals surface area contributed by atoms with Crippen molar-refractivity contribution in [2.75, 3.05) is 13.2 Å². The lowest BCUT2D eigenvalue weighted by molar-refractivity contribution is 0.136. The van der Waals surface area contributed by atoms with E-state index in [1.165, 1.54) is 167 Å². The monoisotopic (exact) mass is 683 g/mol. The zero-order chi connectivity index (χ0) is 33.2. The molecule has 0 heterocycles. The van der Waals surface area contributed by atoms with Crippen LogP contribution in [0.4, 0.5) is 0 Å². The van der Waals surface area contributed by atoms with Crippen LogP contribution in [0.3, 0.4) is 0 Å². The van der Waals surface area contributed by atoms with E-state index in [0.717, 1.165) is 25.7 Å². The summed E-state index contributed by atoms with van der Waals surface area (Å²) in [7, 11) is -9.27. The summed E-state index contributed by atoms with van der Waals surface area (Å²) in [5.41, 5.74) is 0. The van der Waals surface area contributed by atoms with Crippen LogP contribution in [0.5, 0.6) is 0 Å². The molecule has 0 amide bonds. The molecule has 272 valence electrons. The second-order valence-corrected chi connectivity index (χ2v) is 16.3. The molecule has 0 saturated carbocycles. The number of phosphoric acid groups is 2. The molecular formula is C36H76O7P2.